The van der Waals surface area contributed by atoms with Crippen molar-refractivity contribution >= 4 is 17.1 Å². The monoisotopic (exact) mass is 436 g/mol. The molecule has 1 aliphatic heterocycles. The molecular formula is C29H28N2O2. The second kappa shape index (κ2) is 9.07. The summed E-state index contributed by atoms with van der Waals surface area (Å²) < 4.78 is 0. The fraction of sp³-hybridized carbons (Fsp3) is 0.241. The highest BCUT2D eigenvalue weighted by Gasteiger charge is 2.50. The van der Waals surface area contributed by atoms with Crippen LogP contribution in [-0.4, -0.2) is 10.5 Å². The number of nitrogens with zero attached hydrogens (tertiary/aromatic N) is 2. The molecule has 0 unspecified atom stereocenters. The number of benzene rings is 3. The highest BCUT2D eigenvalue weighted by Crippen LogP contribution is 2.46. The second-order valence-electron chi connectivity index (χ2n) is 8.95. The molecule has 166 valence electrons. The van der Waals surface area contributed by atoms with Gasteiger partial charge in [-0.1, -0.05) is 85.3 Å². The Balaban J connectivity index is 1.74. The predicted octanol–water partition coefficient (Wildman–Crippen LogP) is 7.18. The number of rotatable bonds is 5. The number of hydrogen-bond donors (Lipinski definition) is 0. The molecule has 1 fully saturated rings. The van der Waals surface area contributed by atoms with Gasteiger partial charge < -0.3 is 4.90 Å². The van der Waals surface area contributed by atoms with Crippen molar-refractivity contribution in [1.82, 2.24) is 0 Å². The van der Waals surface area contributed by atoms with Gasteiger partial charge in [0, 0.05) is 23.5 Å². The molecule has 0 spiro atoms. The summed E-state index contributed by atoms with van der Waals surface area (Å²) in [5.41, 5.74) is 4.20. The molecule has 0 aromatic heterocycles. The van der Waals surface area contributed by atoms with Gasteiger partial charge in [-0.25, -0.2) is 0 Å². The Kier molecular flexibility index (Phi) is 5.82. The van der Waals surface area contributed by atoms with Crippen LogP contribution in [0.5, 0.6) is 0 Å². The molecule has 4 nitrogen and oxygen atoms in total. The summed E-state index contributed by atoms with van der Waals surface area (Å²) in [6.07, 6.45) is 8.40. The Labute approximate surface area is 195 Å². The molecule has 0 saturated heterocycles. The van der Waals surface area contributed by atoms with Crippen LogP contribution in [0.1, 0.15) is 43.2 Å². The third-order valence-electron chi connectivity index (χ3n) is 7.01. The molecule has 1 aliphatic carbocycles. The first-order chi connectivity index (χ1) is 16.2. The van der Waals surface area contributed by atoms with Crippen molar-refractivity contribution in [3.8, 4) is 0 Å². The maximum atomic E-state index is 12.5. The fourth-order valence-corrected chi connectivity index (χ4v) is 5.30. The summed E-state index contributed by atoms with van der Waals surface area (Å²) in [6, 6.07) is 30.7. The topological polar surface area (TPSA) is 46.4 Å². The fourth-order valence-electron chi connectivity index (χ4n) is 5.30. The van der Waals surface area contributed by atoms with Gasteiger partial charge >= 0.3 is 0 Å². The SMILES string of the molecule is O=[N+]([O-])C1(C2C=C(c3ccccc3)N(c3ccccc3)C(c3ccccc3)=C2)CCCCC1. The lowest BCUT2D eigenvalue weighted by molar-refractivity contribution is -0.580. The second-order valence-corrected chi connectivity index (χ2v) is 8.95. The molecular weight excluding hydrogens is 408 g/mol. The zero-order valence-corrected chi connectivity index (χ0v) is 18.6. The smallest absolute Gasteiger partial charge is 0.232 e. The number of anilines is 1. The van der Waals surface area contributed by atoms with Crippen LogP contribution in [0, 0.1) is 16.0 Å². The first kappa shape index (κ1) is 21.2. The first-order valence-corrected chi connectivity index (χ1v) is 11.7. The third kappa shape index (κ3) is 3.97. The summed E-state index contributed by atoms with van der Waals surface area (Å²) in [6.45, 7) is 0. The van der Waals surface area contributed by atoms with Crippen molar-refractivity contribution in [3.63, 3.8) is 0 Å². The highest BCUT2D eigenvalue weighted by molar-refractivity contribution is 5.97. The Morgan fingerprint density at radius 3 is 1.61 bits per heavy atom. The predicted molar refractivity (Wildman–Crippen MR) is 134 cm³/mol. The number of nitro groups is 1. The molecule has 33 heavy (non-hydrogen) atoms. The van der Waals surface area contributed by atoms with Crippen LogP contribution in [0.4, 0.5) is 5.69 Å². The molecule has 0 atom stereocenters. The van der Waals surface area contributed by atoms with E-state index in [0.29, 0.717) is 12.8 Å². The van der Waals surface area contributed by atoms with Crippen molar-refractivity contribution in [2.45, 2.75) is 37.6 Å². The molecule has 2 aliphatic rings. The average molecular weight is 437 g/mol. The summed E-state index contributed by atoms with van der Waals surface area (Å²) in [7, 11) is 0. The summed E-state index contributed by atoms with van der Waals surface area (Å²) in [5.74, 6) is -0.279. The Hall–Kier alpha value is -3.66. The quantitative estimate of drug-likeness (QED) is 0.314. The van der Waals surface area contributed by atoms with Crippen LogP contribution in [-0.2, 0) is 0 Å². The van der Waals surface area contributed by atoms with Gasteiger partial charge in [-0.3, -0.25) is 10.1 Å². The van der Waals surface area contributed by atoms with Gasteiger partial charge in [0.2, 0.25) is 5.54 Å². The van der Waals surface area contributed by atoms with Crippen LogP contribution in [0.25, 0.3) is 11.4 Å². The minimum Gasteiger partial charge on any atom is -0.310 e. The van der Waals surface area contributed by atoms with E-state index in [4.69, 9.17) is 0 Å². The van der Waals surface area contributed by atoms with Gasteiger partial charge in [-0.05, 0) is 48.3 Å². The maximum Gasteiger partial charge on any atom is 0.232 e. The summed E-state index contributed by atoms with van der Waals surface area (Å²) in [5, 5.41) is 12.5. The molecule has 0 N–H and O–H groups in total. The van der Waals surface area contributed by atoms with Crippen molar-refractivity contribution in [1.29, 1.82) is 0 Å². The van der Waals surface area contributed by atoms with Crippen LogP contribution in [0.15, 0.2) is 103 Å². The van der Waals surface area contributed by atoms with E-state index in [0.717, 1.165) is 47.5 Å². The third-order valence-corrected chi connectivity index (χ3v) is 7.01. The minimum absolute atomic E-state index is 0.00717. The van der Waals surface area contributed by atoms with Gasteiger partial charge in [0.15, 0.2) is 0 Å². The lowest BCUT2D eigenvalue weighted by Crippen LogP contribution is -2.47. The van der Waals surface area contributed by atoms with Crippen molar-refractivity contribution < 1.29 is 4.92 Å². The summed E-state index contributed by atoms with van der Waals surface area (Å²) >= 11 is 0. The van der Waals surface area contributed by atoms with Gasteiger partial charge in [0.05, 0.1) is 17.3 Å². The average Bonchev–Trinajstić information content (AvgIpc) is 2.90. The van der Waals surface area contributed by atoms with Gasteiger partial charge in [0.25, 0.3) is 0 Å². The zero-order valence-electron chi connectivity index (χ0n) is 18.6. The molecule has 0 amide bonds. The van der Waals surface area contributed by atoms with Crippen LogP contribution < -0.4 is 4.90 Å². The number of hydrogen-bond acceptors (Lipinski definition) is 3. The summed E-state index contributed by atoms with van der Waals surface area (Å²) in [4.78, 5) is 14.8. The zero-order chi connectivity index (χ0) is 22.7. The number of para-hydroxylation sites is 1. The Bertz CT molecular complexity index is 1110. The molecule has 1 saturated carbocycles. The molecule has 0 bridgehead atoms. The van der Waals surface area contributed by atoms with E-state index in [9.17, 15) is 10.1 Å². The lowest BCUT2D eigenvalue weighted by atomic mass is 9.71. The standard InChI is InChI=1S/C29H28N2O2/c32-31(33)29(19-11-4-12-20-29)25-21-27(23-13-5-1-6-14-23)30(26-17-9-3-10-18-26)28(22-25)24-15-7-2-8-16-24/h1-3,5-10,13-18,21-22,25H,4,11-12,19-20H2. The first-order valence-electron chi connectivity index (χ1n) is 11.7. The Morgan fingerprint density at radius 2 is 1.15 bits per heavy atom. The van der Waals surface area contributed by atoms with E-state index in [1.165, 1.54) is 0 Å². The van der Waals surface area contributed by atoms with Crippen LogP contribution in [0.2, 0.25) is 0 Å². The van der Waals surface area contributed by atoms with Crippen molar-refractivity contribution in [3.05, 3.63) is 124 Å². The van der Waals surface area contributed by atoms with E-state index < -0.39 is 5.54 Å². The van der Waals surface area contributed by atoms with Gasteiger partial charge in [-0.15, -0.1) is 0 Å². The normalized spacial score (nSPS) is 18.4. The van der Waals surface area contributed by atoms with E-state index in [1.807, 2.05) is 54.6 Å². The van der Waals surface area contributed by atoms with Crippen molar-refractivity contribution in [2.75, 3.05) is 4.90 Å². The molecule has 3 aromatic carbocycles. The van der Waals surface area contributed by atoms with E-state index in [2.05, 4.69) is 53.5 Å². The van der Waals surface area contributed by atoms with Crippen molar-refractivity contribution in [2.24, 2.45) is 5.92 Å². The molecule has 4 heteroatoms. The van der Waals surface area contributed by atoms with Gasteiger partial charge in [0.1, 0.15) is 0 Å². The van der Waals surface area contributed by atoms with Crippen LogP contribution >= 0.6 is 0 Å². The van der Waals surface area contributed by atoms with E-state index in [1.54, 1.807) is 0 Å². The molecule has 3 aromatic rings. The minimum atomic E-state index is -0.957. The maximum absolute atomic E-state index is 12.5. The molecule has 0 radical (unpaired) electrons. The largest absolute Gasteiger partial charge is 0.310 e. The van der Waals surface area contributed by atoms with Gasteiger partial charge in [-0.2, -0.15) is 0 Å². The molecule has 5 rings (SSSR count). The Morgan fingerprint density at radius 1 is 0.697 bits per heavy atom. The van der Waals surface area contributed by atoms with E-state index in [-0.39, 0.29) is 10.8 Å². The van der Waals surface area contributed by atoms with Crippen LogP contribution in [0.3, 0.4) is 0 Å². The molecule has 1 heterocycles. The lowest BCUT2D eigenvalue weighted by Gasteiger charge is -2.40. The van der Waals surface area contributed by atoms with E-state index >= 15 is 0 Å². The highest BCUT2D eigenvalue weighted by atomic mass is 16.6.